The van der Waals surface area contributed by atoms with Gasteiger partial charge in [-0.1, -0.05) is 106 Å². The molecule has 1 nitrogen and oxygen atoms in total. The van der Waals surface area contributed by atoms with Crippen LogP contribution >= 0.6 is 0 Å². The molecule has 33 heavy (non-hydrogen) atoms. The van der Waals surface area contributed by atoms with Gasteiger partial charge in [-0.15, -0.1) is 0 Å². The fraction of sp³-hybridized carbons (Fsp3) is 0.375. The minimum Gasteiger partial charge on any atom is -0.485 e. The van der Waals surface area contributed by atoms with Crippen LogP contribution in [-0.2, 0) is 6.42 Å². The van der Waals surface area contributed by atoms with Gasteiger partial charge in [-0.25, -0.2) is 0 Å². The minimum absolute atomic E-state index is 0.0864. The number of benzene rings is 3. The molecule has 0 fully saturated rings. The molecule has 0 radical (unpaired) electrons. The summed E-state index contributed by atoms with van der Waals surface area (Å²) in [5.41, 5.74) is 7.21. The summed E-state index contributed by atoms with van der Waals surface area (Å²) in [6.07, 6.45) is 9.65. The van der Waals surface area contributed by atoms with Gasteiger partial charge in [-0.2, -0.15) is 0 Å². The Labute approximate surface area is 200 Å². The summed E-state index contributed by atoms with van der Waals surface area (Å²) in [6, 6.07) is 28.4. The van der Waals surface area contributed by atoms with Gasteiger partial charge in [0.15, 0.2) is 0 Å². The Hall–Kier alpha value is -2.80. The van der Waals surface area contributed by atoms with Gasteiger partial charge in [0.2, 0.25) is 0 Å². The van der Waals surface area contributed by atoms with Crippen LogP contribution in [-0.4, -0.2) is 0 Å². The van der Waals surface area contributed by atoms with Crippen LogP contribution in [0.3, 0.4) is 0 Å². The summed E-state index contributed by atoms with van der Waals surface area (Å²) in [5.74, 6) is 1.99. The summed E-state index contributed by atoms with van der Waals surface area (Å²) >= 11 is 0. The molecule has 0 aliphatic heterocycles. The number of allylic oxidation sites excluding steroid dienone is 1. The number of unbranched alkanes of at least 4 members (excludes halogenated alkanes) is 1. The third-order valence-electron chi connectivity index (χ3n) is 7.18. The maximum absolute atomic E-state index is 6.48. The summed E-state index contributed by atoms with van der Waals surface area (Å²) < 4.78 is 6.48. The molecule has 0 N–H and O–H groups in total. The molecule has 3 atom stereocenters. The highest BCUT2D eigenvalue weighted by Crippen LogP contribution is 2.41. The lowest BCUT2D eigenvalue weighted by Gasteiger charge is -2.25. The number of ether oxygens (including phenoxy) is 1. The van der Waals surface area contributed by atoms with E-state index in [2.05, 4.69) is 106 Å². The highest BCUT2D eigenvalue weighted by atomic mass is 16.5. The largest absolute Gasteiger partial charge is 0.485 e. The van der Waals surface area contributed by atoms with E-state index in [9.17, 15) is 0 Å². The molecule has 172 valence electrons. The van der Waals surface area contributed by atoms with Crippen molar-refractivity contribution in [3.8, 4) is 5.75 Å². The van der Waals surface area contributed by atoms with Crippen LogP contribution in [0.5, 0.6) is 5.75 Å². The van der Waals surface area contributed by atoms with E-state index in [4.69, 9.17) is 4.74 Å². The summed E-state index contributed by atoms with van der Waals surface area (Å²) in [5, 5.41) is 0. The first-order chi connectivity index (χ1) is 16.2. The van der Waals surface area contributed by atoms with Gasteiger partial charge < -0.3 is 4.74 Å². The number of hydrogen-bond acceptors (Lipinski definition) is 1. The third-order valence-corrected chi connectivity index (χ3v) is 7.18. The second kappa shape index (κ2) is 11.4. The highest BCUT2D eigenvalue weighted by molar-refractivity contribution is 5.66. The molecule has 4 rings (SSSR count). The van der Waals surface area contributed by atoms with Gasteiger partial charge in [0.1, 0.15) is 11.9 Å². The Balaban J connectivity index is 1.42. The van der Waals surface area contributed by atoms with Crippen LogP contribution < -0.4 is 4.74 Å². The van der Waals surface area contributed by atoms with Crippen molar-refractivity contribution in [1.29, 1.82) is 0 Å². The molecule has 0 aromatic heterocycles. The van der Waals surface area contributed by atoms with Crippen LogP contribution in [0.2, 0.25) is 0 Å². The minimum atomic E-state index is 0.0864. The van der Waals surface area contributed by atoms with E-state index < -0.39 is 0 Å². The van der Waals surface area contributed by atoms with Gasteiger partial charge in [0.05, 0.1) is 0 Å². The summed E-state index contributed by atoms with van der Waals surface area (Å²) in [6.45, 7) is 6.79. The Bertz CT molecular complexity index is 1030. The van der Waals surface area contributed by atoms with E-state index in [1.165, 1.54) is 47.9 Å². The highest BCUT2D eigenvalue weighted by Gasteiger charge is 2.24. The summed E-state index contributed by atoms with van der Waals surface area (Å²) in [7, 11) is 0. The topological polar surface area (TPSA) is 9.23 Å². The van der Waals surface area contributed by atoms with Crippen LogP contribution in [0.25, 0.3) is 6.08 Å². The number of aryl methyl sites for hydroxylation is 1. The van der Waals surface area contributed by atoms with E-state index in [0.717, 1.165) is 18.6 Å². The standard InChI is InChI=1S/C32H38O/c1-4-6-12-27-23-28-15-10-11-16-30(28)31(27)22-19-25-17-20-29(21-18-25)33-32(24(3)5-2)26-13-8-7-9-14-26/h7-11,13-18,20-21,23-24,31-32H,4-6,12,19,22H2,1-3H3. The molecule has 3 aromatic carbocycles. The first-order valence-corrected chi connectivity index (χ1v) is 12.8. The van der Waals surface area contributed by atoms with Crippen molar-refractivity contribution in [1.82, 2.24) is 0 Å². The van der Waals surface area contributed by atoms with Crippen molar-refractivity contribution in [2.24, 2.45) is 5.92 Å². The van der Waals surface area contributed by atoms with Gasteiger partial charge in [0, 0.05) is 5.92 Å². The normalized spacial score (nSPS) is 16.7. The third kappa shape index (κ3) is 5.77. The SMILES string of the molecule is CCCCC1=Cc2ccccc2C1CCc1ccc(OC(c2ccccc2)C(C)CC)cc1. The van der Waals surface area contributed by atoms with Crippen LogP contribution in [0.1, 0.15) is 87.2 Å². The average molecular weight is 439 g/mol. The van der Waals surface area contributed by atoms with Crippen molar-refractivity contribution in [2.75, 3.05) is 0 Å². The first-order valence-electron chi connectivity index (χ1n) is 12.8. The zero-order chi connectivity index (χ0) is 23.0. The van der Waals surface area contributed by atoms with E-state index in [-0.39, 0.29) is 6.10 Å². The number of fused-ring (bicyclic) bond motifs is 1. The quantitative estimate of drug-likeness (QED) is 0.290. The number of hydrogen-bond donors (Lipinski definition) is 0. The smallest absolute Gasteiger partial charge is 0.126 e. The second-order valence-corrected chi connectivity index (χ2v) is 9.52. The maximum Gasteiger partial charge on any atom is 0.126 e. The van der Waals surface area contributed by atoms with E-state index in [1.807, 2.05) is 0 Å². The molecule has 0 saturated carbocycles. The molecular weight excluding hydrogens is 400 g/mol. The fourth-order valence-electron chi connectivity index (χ4n) is 4.99. The zero-order valence-electron chi connectivity index (χ0n) is 20.5. The molecule has 0 saturated heterocycles. The predicted molar refractivity (Wildman–Crippen MR) is 141 cm³/mol. The summed E-state index contributed by atoms with van der Waals surface area (Å²) in [4.78, 5) is 0. The van der Waals surface area contributed by atoms with Gasteiger partial charge >= 0.3 is 0 Å². The molecule has 1 heteroatoms. The van der Waals surface area contributed by atoms with Gasteiger partial charge in [-0.05, 0) is 72.4 Å². The van der Waals surface area contributed by atoms with Crippen molar-refractivity contribution >= 4 is 6.08 Å². The van der Waals surface area contributed by atoms with Gasteiger partial charge in [0.25, 0.3) is 0 Å². The Morgan fingerprint density at radius 3 is 2.27 bits per heavy atom. The second-order valence-electron chi connectivity index (χ2n) is 9.52. The van der Waals surface area contributed by atoms with Crippen molar-refractivity contribution in [3.05, 3.63) is 107 Å². The number of rotatable bonds is 11. The molecule has 0 spiro atoms. The molecular formula is C32H38O. The molecule has 0 amide bonds. The van der Waals surface area contributed by atoms with Crippen molar-refractivity contribution in [3.63, 3.8) is 0 Å². The Morgan fingerprint density at radius 1 is 0.818 bits per heavy atom. The predicted octanol–water partition coefficient (Wildman–Crippen LogP) is 9.16. The maximum atomic E-state index is 6.48. The van der Waals surface area contributed by atoms with Crippen LogP contribution in [0.15, 0.2) is 84.4 Å². The lowest BCUT2D eigenvalue weighted by molar-refractivity contribution is 0.141. The molecule has 0 bridgehead atoms. The zero-order valence-corrected chi connectivity index (χ0v) is 20.5. The van der Waals surface area contributed by atoms with E-state index in [0.29, 0.717) is 11.8 Å². The lowest BCUT2D eigenvalue weighted by atomic mass is 9.87. The average Bonchev–Trinajstić information content (AvgIpc) is 3.22. The van der Waals surface area contributed by atoms with Crippen LogP contribution in [0.4, 0.5) is 0 Å². The van der Waals surface area contributed by atoms with Crippen LogP contribution in [0, 0.1) is 5.92 Å². The fourth-order valence-corrected chi connectivity index (χ4v) is 4.99. The van der Waals surface area contributed by atoms with E-state index >= 15 is 0 Å². The van der Waals surface area contributed by atoms with Crippen molar-refractivity contribution < 1.29 is 4.74 Å². The first kappa shape index (κ1) is 23.4. The Morgan fingerprint density at radius 2 is 1.55 bits per heavy atom. The molecule has 1 aliphatic rings. The molecule has 3 unspecified atom stereocenters. The van der Waals surface area contributed by atoms with Gasteiger partial charge in [-0.3, -0.25) is 0 Å². The molecule has 3 aromatic rings. The lowest BCUT2D eigenvalue weighted by Crippen LogP contribution is -2.16. The molecule has 1 aliphatic carbocycles. The Kier molecular flexibility index (Phi) is 8.05. The molecule has 0 heterocycles. The monoisotopic (exact) mass is 438 g/mol. The van der Waals surface area contributed by atoms with Crippen molar-refractivity contribution in [2.45, 2.75) is 71.3 Å². The van der Waals surface area contributed by atoms with E-state index in [1.54, 1.807) is 5.57 Å².